The van der Waals surface area contributed by atoms with Crippen LogP contribution in [0.25, 0.3) is 0 Å². The van der Waals surface area contributed by atoms with Crippen molar-refractivity contribution in [3.05, 3.63) is 34.9 Å². The van der Waals surface area contributed by atoms with Crippen LogP contribution in [0.3, 0.4) is 0 Å². The Hall–Kier alpha value is -0.820. The van der Waals surface area contributed by atoms with Gasteiger partial charge in [-0.15, -0.1) is 0 Å². The lowest BCUT2D eigenvalue weighted by molar-refractivity contribution is 0.122. The predicted octanol–water partition coefficient (Wildman–Crippen LogP) is 3.77. The zero-order valence-electron chi connectivity index (χ0n) is 10.5. The van der Waals surface area contributed by atoms with E-state index in [1.165, 1.54) is 11.1 Å². The molecular weight excluding hydrogens is 184 g/mol. The molecule has 1 aromatic rings. The highest BCUT2D eigenvalue weighted by molar-refractivity contribution is 5.29. The Morgan fingerprint density at radius 1 is 1.07 bits per heavy atom. The predicted molar refractivity (Wildman–Crippen MR) is 64.9 cm³/mol. The summed E-state index contributed by atoms with van der Waals surface area (Å²) in [6.45, 7) is 10.6. The van der Waals surface area contributed by atoms with E-state index in [0.29, 0.717) is 0 Å². The highest BCUT2D eigenvalue weighted by Gasteiger charge is 2.18. The SMILES string of the molecule is Cc1cc(C)cc(C(O)CC(C)(C)C)c1. The molecule has 0 spiro atoms. The Morgan fingerprint density at radius 2 is 1.53 bits per heavy atom. The number of aliphatic hydroxyl groups is 1. The van der Waals surface area contributed by atoms with Gasteiger partial charge in [0.1, 0.15) is 0 Å². The lowest BCUT2D eigenvalue weighted by atomic mass is 9.86. The lowest BCUT2D eigenvalue weighted by Crippen LogP contribution is -2.11. The lowest BCUT2D eigenvalue weighted by Gasteiger charge is -2.23. The zero-order valence-corrected chi connectivity index (χ0v) is 10.5. The van der Waals surface area contributed by atoms with Crippen LogP contribution in [0.15, 0.2) is 18.2 Å². The number of hydrogen-bond donors (Lipinski definition) is 1. The Balaban J connectivity index is 2.86. The normalized spacial score (nSPS) is 14.0. The van der Waals surface area contributed by atoms with Gasteiger partial charge in [0.15, 0.2) is 0 Å². The van der Waals surface area contributed by atoms with Crippen molar-refractivity contribution in [2.24, 2.45) is 5.41 Å². The van der Waals surface area contributed by atoms with E-state index in [2.05, 4.69) is 52.8 Å². The Bertz CT molecular complexity index is 313. The van der Waals surface area contributed by atoms with Crippen molar-refractivity contribution < 1.29 is 5.11 Å². The fraction of sp³-hybridized carbons (Fsp3) is 0.571. The topological polar surface area (TPSA) is 20.2 Å². The molecule has 1 nitrogen and oxygen atoms in total. The van der Waals surface area contributed by atoms with Crippen LogP contribution in [0.1, 0.15) is 50.0 Å². The first-order valence-electron chi connectivity index (χ1n) is 5.54. The molecule has 0 amide bonds. The molecule has 0 heterocycles. The number of aliphatic hydroxyl groups excluding tert-OH is 1. The van der Waals surface area contributed by atoms with Gasteiger partial charge in [-0.2, -0.15) is 0 Å². The van der Waals surface area contributed by atoms with Gasteiger partial charge >= 0.3 is 0 Å². The molecule has 1 N–H and O–H groups in total. The van der Waals surface area contributed by atoms with Crippen molar-refractivity contribution >= 4 is 0 Å². The average Bonchev–Trinajstić information content (AvgIpc) is 1.98. The van der Waals surface area contributed by atoms with Crippen LogP contribution in [-0.2, 0) is 0 Å². The molecule has 0 bridgehead atoms. The van der Waals surface area contributed by atoms with Crippen LogP contribution in [0.5, 0.6) is 0 Å². The maximum absolute atomic E-state index is 10.1. The average molecular weight is 206 g/mol. The number of aryl methyl sites for hydroxylation is 2. The van der Waals surface area contributed by atoms with E-state index in [-0.39, 0.29) is 11.5 Å². The van der Waals surface area contributed by atoms with Gasteiger partial charge in [-0.05, 0) is 31.2 Å². The summed E-state index contributed by atoms with van der Waals surface area (Å²) in [6.07, 6.45) is 0.458. The van der Waals surface area contributed by atoms with E-state index in [9.17, 15) is 5.11 Å². The summed E-state index contributed by atoms with van der Waals surface area (Å²) < 4.78 is 0. The zero-order chi connectivity index (χ0) is 11.6. The van der Waals surface area contributed by atoms with E-state index >= 15 is 0 Å². The highest BCUT2D eigenvalue weighted by atomic mass is 16.3. The molecule has 15 heavy (non-hydrogen) atoms. The van der Waals surface area contributed by atoms with E-state index in [0.717, 1.165) is 12.0 Å². The largest absolute Gasteiger partial charge is 0.388 e. The number of rotatable bonds is 2. The molecule has 1 heteroatoms. The summed E-state index contributed by atoms with van der Waals surface area (Å²) in [6, 6.07) is 6.28. The van der Waals surface area contributed by atoms with E-state index in [1.807, 2.05) is 0 Å². The molecule has 1 aromatic carbocycles. The molecule has 0 aliphatic carbocycles. The molecule has 0 fully saturated rings. The van der Waals surface area contributed by atoms with Crippen molar-refractivity contribution in [1.29, 1.82) is 0 Å². The molecule has 0 saturated carbocycles. The van der Waals surface area contributed by atoms with E-state index in [4.69, 9.17) is 0 Å². The fourth-order valence-corrected chi connectivity index (χ4v) is 1.90. The molecule has 0 aromatic heterocycles. The summed E-state index contributed by atoms with van der Waals surface area (Å²) in [4.78, 5) is 0. The Morgan fingerprint density at radius 3 is 1.93 bits per heavy atom. The molecule has 0 radical (unpaired) electrons. The van der Waals surface area contributed by atoms with Crippen molar-refractivity contribution in [2.75, 3.05) is 0 Å². The molecule has 0 aliphatic heterocycles. The van der Waals surface area contributed by atoms with Crippen LogP contribution in [0.2, 0.25) is 0 Å². The second kappa shape index (κ2) is 4.36. The number of hydrogen-bond acceptors (Lipinski definition) is 1. The van der Waals surface area contributed by atoms with Crippen molar-refractivity contribution in [1.82, 2.24) is 0 Å². The Kier molecular flexibility index (Phi) is 3.56. The monoisotopic (exact) mass is 206 g/mol. The Labute approximate surface area is 93.1 Å². The second-order valence-corrected chi connectivity index (χ2v) is 5.70. The van der Waals surface area contributed by atoms with Crippen molar-refractivity contribution in [2.45, 2.75) is 47.1 Å². The first kappa shape index (κ1) is 12.3. The van der Waals surface area contributed by atoms with E-state index in [1.54, 1.807) is 0 Å². The maximum atomic E-state index is 10.1. The summed E-state index contributed by atoms with van der Waals surface area (Å²) in [5.74, 6) is 0. The van der Waals surface area contributed by atoms with Crippen LogP contribution in [-0.4, -0.2) is 5.11 Å². The second-order valence-electron chi connectivity index (χ2n) is 5.70. The van der Waals surface area contributed by atoms with Crippen LogP contribution < -0.4 is 0 Å². The standard InChI is InChI=1S/C14H22O/c1-10-6-11(2)8-12(7-10)13(15)9-14(3,4)5/h6-8,13,15H,9H2,1-5H3. The minimum Gasteiger partial charge on any atom is -0.388 e. The van der Waals surface area contributed by atoms with Crippen molar-refractivity contribution in [3.8, 4) is 0 Å². The smallest absolute Gasteiger partial charge is 0.0795 e. The van der Waals surface area contributed by atoms with Gasteiger partial charge in [0.25, 0.3) is 0 Å². The van der Waals surface area contributed by atoms with Crippen molar-refractivity contribution in [3.63, 3.8) is 0 Å². The summed E-state index contributed by atoms with van der Waals surface area (Å²) in [5, 5.41) is 10.1. The molecule has 1 rings (SSSR count). The van der Waals surface area contributed by atoms with Gasteiger partial charge in [0.2, 0.25) is 0 Å². The quantitative estimate of drug-likeness (QED) is 0.781. The molecule has 0 saturated heterocycles. The number of benzene rings is 1. The molecule has 0 aliphatic rings. The van der Waals surface area contributed by atoms with Gasteiger partial charge in [-0.1, -0.05) is 50.1 Å². The summed E-state index contributed by atoms with van der Waals surface area (Å²) in [7, 11) is 0. The molecular formula is C14H22O. The molecule has 1 unspecified atom stereocenters. The fourth-order valence-electron chi connectivity index (χ4n) is 1.90. The van der Waals surface area contributed by atoms with Gasteiger partial charge in [0.05, 0.1) is 6.10 Å². The van der Waals surface area contributed by atoms with Gasteiger partial charge in [-0.25, -0.2) is 0 Å². The molecule has 1 atom stereocenters. The maximum Gasteiger partial charge on any atom is 0.0795 e. The van der Waals surface area contributed by atoms with Gasteiger partial charge in [0, 0.05) is 0 Å². The third kappa shape index (κ3) is 4.05. The minimum atomic E-state index is -0.344. The summed E-state index contributed by atoms with van der Waals surface area (Å²) >= 11 is 0. The first-order chi connectivity index (χ1) is 6.78. The third-order valence-corrected chi connectivity index (χ3v) is 2.43. The highest BCUT2D eigenvalue weighted by Crippen LogP contribution is 2.29. The first-order valence-corrected chi connectivity index (χ1v) is 5.54. The van der Waals surface area contributed by atoms with Gasteiger partial charge < -0.3 is 5.11 Å². The van der Waals surface area contributed by atoms with Crippen LogP contribution in [0.4, 0.5) is 0 Å². The summed E-state index contributed by atoms with van der Waals surface area (Å²) in [5.41, 5.74) is 3.65. The third-order valence-electron chi connectivity index (χ3n) is 2.43. The van der Waals surface area contributed by atoms with E-state index < -0.39 is 0 Å². The molecule has 84 valence electrons. The minimum absolute atomic E-state index is 0.164. The van der Waals surface area contributed by atoms with Crippen LogP contribution in [0, 0.1) is 19.3 Å². The van der Waals surface area contributed by atoms with Crippen LogP contribution >= 0.6 is 0 Å². The van der Waals surface area contributed by atoms with Gasteiger partial charge in [-0.3, -0.25) is 0 Å².